The first kappa shape index (κ1) is 14.4. The van der Waals surface area contributed by atoms with Crippen LogP contribution in [-0.4, -0.2) is 26.6 Å². The van der Waals surface area contributed by atoms with Crippen LogP contribution >= 0.6 is 11.3 Å². The van der Waals surface area contributed by atoms with Crippen molar-refractivity contribution < 1.29 is 9.53 Å². The topological polar surface area (TPSA) is 41.6 Å². The second-order valence-corrected chi connectivity index (χ2v) is 5.18. The van der Waals surface area contributed by atoms with Crippen LogP contribution in [0.3, 0.4) is 0 Å². The lowest BCUT2D eigenvalue weighted by atomic mass is 10.3. The van der Waals surface area contributed by atoms with Crippen molar-refractivity contribution in [2.75, 3.05) is 30.4 Å². The lowest BCUT2D eigenvalue weighted by Crippen LogP contribution is -2.19. The number of hydrogen-bond acceptors (Lipinski definition) is 4. The molecule has 1 aromatic heterocycles. The molecular weight excluding hydrogens is 272 g/mol. The van der Waals surface area contributed by atoms with Crippen LogP contribution in [0, 0.1) is 0 Å². The monoisotopic (exact) mass is 290 g/mol. The summed E-state index contributed by atoms with van der Waals surface area (Å²) in [5.74, 6) is 0.773. The Morgan fingerprint density at radius 1 is 1.40 bits per heavy atom. The molecule has 1 heterocycles. The molecule has 0 saturated carbocycles. The molecule has 1 amide bonds. The van der Waals surface area contributed by atoms with Crippen molar-refractivity contribution in [1.82, 2.24) is 0 Å². The number of carbonyl (C=O) groups is 1. The Hall–Kier alpha value is -2.01. The van der Waals surface area contributed by atoms with Crippen LogP contribution in [0.15, 0.2) is 41.1 Å². The average molecular weight is 290 g/mol. The first-order valence-electron chi connectivity index (χ1n) is 6.46. The molecule has 2 aromatic rings. The molecule has 1 aromatic carbocycles. The smallest absolute Gasteiger partial charge is 0.211 e. The third-order valence-corrected chi connectivity index (χ3v) is 3.58. The fourth-order valence-electron chi connectivity index (χ4n) is 1.84. The first-order valence-corrected chi connectivity index (χ1v) is 7.40. The van der Waals surface area contributed by atoms with E-state index in [1.54, 1.807) is 11.3 Å². The van der Waals surface area contributed by atoms with Gasteiger partial charge in [-0.15, -0.1) is 0 Å². The van der Waals surface area contributed by atoms with E-state index >= 15 is 0 Å². The van der Waals surface area contributed by atoms with E-state index in [2.05, 4.69) is 34.1 Å². The lowest BCUT2D eigenvalue weighted by molar-refractivity contribution is -0.105. The minimum absolute atomic E-state index is 0.652. The van der Waals surface area contributed by atoms with Gasteiger partial charge in [0.25, 0.3) is 0 Å². The van der Waals surface area contributed by atoms with Crippen LogP contribution < -0.4 is 15.0 Å². The number of benzene rings is 1. The molecule has 1 N–H and O–H groups in total. The predicted octanol–water partition coefficient (Wildman–Crippen LogP) is 3.22. The zero-order valence-corrected chi connectivity index (χ0v) is 12.2. The molecule has 0 aliphatic heterocycles. The molecule has 0 fully saturated rings. The lowest BCUT2D eigenvalue weighted by Gasteiger charge is -2.17. The number of ether oxygens (including phenoxy) is 1. The SMILES string of the molecule is CN(CCCOc1cccc(NC=O)c1)c1ccsc1. The molecule has 0 bridgehead atoms. The molecule has 4 nitrogen and oxygen atoms in total. The number of rotatable bonds is 8. The summed E-state index contributed by atoms with van der Waals surface area (Å²) in [5.41, 5.74) is 1.99. The summed E-state index contributed by atoms with van der Waals surface area (Å²) in [6.45, 7) is 1.60. The number of nitrogens with zero attached hydrogens (tertiary/aromatic N) is 1. The van der Waals surface area contributed by atoms with Gasteiger partial charge in [0.05, 0.1) is 6.61 Å². The minimum atomic E-state index is 0.652. The molecule has 20 heavy (non-hydrogen) atoms. The minimum Gasteiger partial charge on any atom is -0.493 e. The highest BCUT2D eigenvalue weighted by atomic mass is 32.1. The van der Waals surface area contributed by atoms with E-state index in [1.165, 1.54) is 5.69 Å². The number of amides is 1. The van der Waals surface area contributed by atoms with Gasteiger partial charge in [-0.05, 0) is 30.0 Å². The van der Waals surface area contributed by atoms with Crippen LogP contribution in [-0.2, 0) is 4.79 Å². The van der Waals surface area contributed by atoms with Crippen molar-refractivity contribution in [2.24, 2.45) is 0 Å². The van der Waals surface area contributed by atoms with Crippen LogP contribution in [0.5, 0.6) is 5.75 Å². The van der Waals surface area contributed by atoms with Crippen molar-refractivity contribution >= 4 is 29.1 Å². The van der Waals surface area contributed by atoms with Crippen molar-refractivity contribution in [3.05, 3.63) is 41.1 Å². The molecule has 0 spiro atoms. The van der Waals surface area contributed by atoms with Crippen LogP contribution in [0.1, 0.15) is 6.42 Å². The second kappa shape index (κ2) is 7.55. The van der Waals surface area contributed by atoms with Gasteiger partial charge >= 0.3 is 0 Å². The van der Waals surface area contributed by atoms with Gasteiger partial charge in [0.2, 0.25) is 6.41 Å². The van der Waals surface area contributed by atoms with E-state index in [4.69, 9.17) is 4.74 Å². The van der Waals surface area contributed by atoms with Gasteiger partial charge in [0.1, 0.15) is 5.75 Å². The maximum absolute atomic E-state index is 10.4. The van der Waals surface area contributed by atoms with Gasteiger partial charge in [-0.25, -0.2) is 0 Å². The Balaban J connectivity index is 1.73. The standard InChI is InChI=1S/C15H18N2O2S/c1-17(14-6-9-20-11-14)7-3-8-19-15-5-2-4-13(10-15)16-12-18/h2,4-6,9-12H,3,7-8H2,1H3,(H,16,18). The summed E-state index contributed by atoms with van der Waals surface area (Å²) in [6.07, 6.45) is 1.60. The largest absolute Gasteiger partial charge is 0.493 e. The van der Waals surface area contributed by atoms with E-state index in [0.29, 0.717) is 13.0 Å². The summed E-state index contributed by atoms with van der Waals surface area (Å²) in [7, 11) is 2.08. The summed E-state index contributed by atoms with van der Waals surface area (Å²) < 4.78 is 5.68. The highest BCUT2D eigenvalue weighted by molar-refractivity contribution is 7.08. The van der Waals surface area contributed by atoms with Gasteiger partial charge in [0, 0.05) is 36.4 Å². The molecule has 106 valence electrons. The maximum Gasteiger partial charge on any atom is 0.211 e. The van der Waals surface area contributed by atoms with Gasteiger partial charge < -0.3 is 15.0 Å². The molecule has 2 rings (SSSR count). The molecule has 5 heteroatoms. The number of hydrogen-bond donors (Lipinski definition) is 1. The number of nitrogens with one attached hydrogen (secondary N) is 1. The summed E-state index contributed by atoms with van der Waals surface area (Å²) in [6, 6.07) is 9.50. The van der Waals surface area contributed by atoms with E-state index in [-0.39, 0.29) is 0 Å². The number of carbonyl (C=O) groups excluding carboxylic acids is 1. The average Bonchev–Trinajstić information content (AvgIpc) is 2.98. The van der Waals surface area contributed by atoms with Crippen LogP contribution in [0.25, 0.3) is 0 Å². The van der Waals surface area contributed by atoms with E-state index in [1.807, 2.05) is 24.3 Å². The number of anilines is 2. The fourth-order valence-corrected chi connectivity index (χ4v) is 2.53. The zero-order chi connectivity index (χ0) is 14.2. The molecular formula is C15H18N2O2S. The first-order chi connectivity index (χ1) is 9.79. The quantitative estimate of drug-likeness (QED) is 0.599. The van der Waals surface area contributed by atoms with Gasteiger partial charge in [-0.3, -0.25) is 4.79 Å². The van der Waals surface area contributed by atoms with Crippen LogP contribution in [0.4, 0.5) is 11.4 Å². The predicted molar refractivity (Wildman–Crippen MR) is 83.8 cm³/mol. The fraction of sp³-hybridized carbons (Fsp3) is 0.267. The Morgan fingerprint density at radius 3 is 3.05 bits per heavy atom. The van der Waals surface area contributed by atoms with Crippen LogP contribution in [0.2, 0.25) is 0 Å². The number of thiophene rings is 1. The molecule has 0 saturated heterocycles. The highest BCUT2D eigenvalue weighted by Crippen LogP contribution is 2.18. The Kier molecular flexibility index (Phi) is 5.43. The van der Waals surface area contributed by atoms with Gasteiger partial charge in [-0.2, -0.15) is 11.3 Å². The van der Waals surface area contributed by atoms with Gasteiger partial charge in [-0.1, -0.05) is 6.07 Å². The van der Waals surface area contributed by atoms with E-state index in [9.17, 15) is 4.79 Å². The van der Waals surface area contributed by atoms with E-state index in [0.717, 1.165) is 24.4 Å². The second-order valence-electron chi connectivity index (χ2n) is 4.40. The van der Waals surface area contributed by atoms with E-state index < -0.39 is 0 Å². The van der Waals surface area contributed by atoms with Gasteiger partial charge in [0.15, 0.2) is 0 Å². The molecule has 0 aliphatic rings. The highest BCUT2D eigenvalue weighted by Gasteiger charge is 2.01. The Bertz CT molecular complexity index is 528. The molecule has 0 aliphatic carbocycles. The van der Waals surface area contributed by atoms with Crippen molar-refractivity contribution in [1.29, 1.82) is 0 Å². The summed E-state index contributed by atoms with van der Waals surface area (Å²) in [4.78, 5) is 12.6. The van der Waals surface area contributed by atoms with Crippen molar-refractivity contribution in [3.63, 3.8) is 0 Å². The zero-order valence-electron chi connectivity index (χ0n) is 11.4. The summed E-state index contributed by atoms with van der Waals surface area (Å²) in [5, 5.41) is 6.82. The molecule has 0 unspecified atom stereocenters. The Morgan fingerprint density at radius 2 is 2.30 bits per heavy atom. The maximum atomic E-state index is 10.4. The summed E-state index contributed by atoms with van der Waals surface area (Å²) >= 11 is 1.70. The Labute approximate surface area is 123 Å². The van der Waals surface area contributed by atoms with Crippen molar-refractivity contribution in [2.45, 2.75) is 6.42 Å². The molecule has 0 radical (unpaired) electrons. The molecule has 0 atom stereocenters. The third kappa shape index (κ3) is 4.28. The normalized spacial score (nSPS) is 10.1. The third-order valence-electron chi connectivity index (χ3n) is 2.91. The van der Waals surface area contributed by atoms with Crippen molar-refractivity contribution in [3.8, 4) is 5.75 Å².